The highest BCUT2D eigenvalue weighted by Gasteiger charge is 2.24. The zero-order valence-corrected chi connectivity index (χ0v) is 51.8. The molecule has 0 unspecified atom stereocenters. The normalized spacial score (nSPS) is 11.9. The molecule has 440 valence electrons. The number of hydrogen-bond donors (Lipinski definition) is 0. The van der Waals surface area contributed by atoms with Gasteiger partial charge < -0.3 is 9.13 Å². The highest BCUT2D eigenvalue weighted by Crippen LogP contribution is 2.48. The second-order valence-electron chi connectivity index (χ2n) is 25.7. The summed E-state index contributed by atoms with van der Waals surface area (Å²) in [6, 6.07) is 119. The summed E-state index contributed by atoms with van der Waals surface area (Å²) in [5, 5.41) is 44.6. The van der Waals surface area contributed by atoms with Crippen LogP contribution >= 0.6 is 0 Å². The van der Waals surface area contributed by atoms with Gasteiger partial charge >= 0.3 is 0 Å². The number of aromatic nitrogens is 2. The molecule has 21 aromatic rings. The lowest BCUT2D eigenvalue weighted by molar-refractivity contribution is 1.18. The topological polar surface area (TPSA) is 57.4 Å². The minimum absolute atomic E-state index is 0.705. The van der Waals surface area contributed by atoms with Crippen molar-refractivity contribution in [3.8, 4) is 79.1 Å². The van der Waals surface area contributed by atoms with Gasteiger partial charge in [-0.25, -0.2) is 0 Å². The van der Waals surface area contributed by atoms with Gasteiger partial charge in [-0.1, -0.05) is 218 Å². The quantitative estimate of drug-likeness (QED) is 0.149. The third-order valence-electron chi connectivity index (χ3n) is 20.6. The molecule has 21 rings (SSSR count). The minimum atomic E-state index is 0.705. The second kappa shape index (κ2) is 20.7. The van der Waals surface area contributed by atoms with Crippen LogP contribution in [-0.4, -0.2) is 9.13 Å². The van der Waals surface area contributed by atoms with Crippen LogP contribution in [0.2, 0.25) is 0 Å². The van der Waals surface area contributed by atoms with E-state index >= 15 is 0 Å². The fourth-order valence-electron chi connectivity index (χ4n) is 16.3. The Morgan fingerprint density at radius 3 is 0.854 bits per heavy atom. The first-order chi connectivity index (χ1) is 47.5. The van der Waals surface area contributed by atoms with E-state index in [0.29, 0.717) is 11.1 Å². The first-order valence-corrected chi connectivity index (χ1v) is 32.7. The molecule has 19 aromatic carbocycles. The van der Waals surface area contributed by atoms with Crippen LogP contribution in [-0.2, 0) is 0 Å². The van der Waals surface area contributed by atoms with E-state index in [2.05, 4.69) is 312 Å². The molecule has 0 amide bonds. The average molecular weight is 1210 g/mol. The van der Waals surface area contributed by atoms with E-state index in [4.69, 9.17) is 0 Å². The lowest BCUT2D eigenvalue weighted by Crippen LogP contribution is -1.93. The largest absolute Gasteiger partial charge is 0.309 e. The summed E-state index contributed by atoms with van der Waals surface area (Å²) in [6.07, 6.45) is 0. The van der Waals surface area contributed by atoms with Gasteiger partial charge in [0.1, 0.15) is 0 Å². The summed E-state index contributed by atoms with van der Waals surface area (Å²) in [4.78, 5) is 0. The maximum absolute atomic E-state index is 9.97. The summed E-state index contributed by atoms with van der Waals surface area (Å²) in [5.41, 5.74) is 20.3. The van der Waals surface area contributed by atoms with Crippen molar-refractivity contribution >= 4 is 130 Å². The molecule has 0 N–H and O–H groups in total. The van der Waals surface area contributed by atoms with Crippen LogP contribution in [0.5, 0.6) is 0 Å². The summed E-state index contributed by atoms with van der Waals surface area (Å²) >= 11 is 0. The van der Waals surface area contributed by atoms with Gasteiger partial charge in [0.05, 0.1) is 45.3 Å². The fourth-order valence-corrected chi connectivity index (χ4v) is 16.3. The van der Waals surface area contributed by atoms with Gasteiger partial charge in [0.25, 0.3) is 0 Å². The van der Waals surface area contributed by atoms with Crippen molar-refractivity contribution in [2.75, 3.05) is 0 Å². The molecule has 0 saturated heterocycles. The molecule has 2 aromatic heterocycles. The Morgan fingerprint density at radius 1 is 0.198 bits per heavy atom. The van der Waals surface area contributed by atoms with Gasteiger partial charge in [-0.3, -0.25) is 0 Å². The molecule has 96 heavy (non-hydrogen) atoms. The molecule has 0 radical (unpaired) electrons. The molecule has 0 bridgehead atoms. The van der Waals surface area contributed by atoms with Crippen LogP contribution in [0.15, 0.2) is 315 Å². The maximum Gasteiger partial charge on any atom is 0.0998 e. The van der Waals surface area contributed by atoms with Crippen molar-refractivity contribution in [2.45, 2.75) is 0 Å². The van der Waals surface area contributed by atoms with Gasteiger partial charge in [0.2, 0.25) is 0 Å². The Labute approximate surface area is 551 Å². The minimum Gasteiger partial charge on any atom is -0.309 e. The number of benzene rings is 19. The number of hydrogen-bond acceptors (Lipinski definition) is 2. The second-order valence-corrected chi connectivity index (χ2v) is 25.7. The standard InChI is InChI=1S/C49H28N2.C43H24N2/c50-29-37-19-23-44-48-42(37)20-21-43-41(22-24-45(49(43)48)51(44)40-9-5-2-6-10-40)32-13-11-31(12-14-32)39-27-35-17-15-33-25-38(30-7-3-1-4-8-30)26-34-16-18-36(28-39)47(35)46(33)34;44-25-32-17-21-38-42-36(32)18-19-37-35(20-22-39(43(37)42)45(38)34-7-2-1-3-8-34)27-11-9-26(10-12-27)33-23-30-15-13-28-5-4-6-29-14-16-31(24-33)41(30)40(28)29/h1-28H;1-24H. The highest BCUT2D eigenvalue weighted by molar-refractivity contribution is 6.30. The zero-order valence-electron chi connectivity index (χ0n) is 51.8. The third-order valence-corrected chi connectivity index (χ3v) is 20.6. The predicted molar refractivity (Wildman–Crippen MR) is 403 cm³/mol. The van der Waals surface area contributed by atoms with E-state index in [1.165, 1.54) is 142 Å². The lowest BCUT2D eigenvalue weighted by Gasteiger charge is -2.15. The molecule has 0 aliphatic rings. The average Bonchev–Trinajstić information content (AvgIpc) is 1.53. The van der Waals surface area contributed by atoms with Crippen LogP contribution in [0.3, 0.4) is 0 Å². The van der Waals surface area contributed by atoms with Crippen LogP contribution in [0, 0.1) is 22.7 Å². The van der Waals surface area contributed by atoms with E-state index in [1.54, 1.807) is 0 Å². The Balaban J connectivity index is 0.000000132. The van der Waals surface area contributed by atoms with Crippen molar-refractivity contribution in [1.29, 1.82) is 10.5 Å². The van der Waals surface area contributed by atoms with E-state index in [0.717, 1.165) is 55.0 Å². The van der Waals surface area contributed by atoms with E-state index < -0.39 is 0 Å². The van der Waals surface area contributed by atoms with Crippen molar-refractivity contribution in [2.24, 2.45) is 0 Å². The molecule has 4 heteroatoms. The van der Waals surface area contributed by atoms with E-state index in [-0.39, 0.29) is 0 Å². The number of nitrogens with zero attached hydrogens (tertiary/aromatic N) is 4. The van der Waals surface area contributed by atoms with E-state index in [9.17, 15) is 10.5 Å². The third kappa shape index (κ3) is 7.94. The summed E-state index contributed by atoms with van der Waals surface area (Å²) in [6.45, 7) is 0. The van der Waals surface area contributed by atoms with Crippen molar-refractivity contribution in [3.63, 3.8) is 0 Å². The molecular weight excluding hydrogens is 1160 g/mol. The Hall–Kier alpha value is -13.1. The SMILES string of the molecule is N#Cc1ccc2c3c1ccc1c(-c4ccc(-c5cc6ccc7cc(-c8ccccc8)cc8ccc(c5)c6c78)cc4)ccc(c13)n2-c1ccccc1.N#Cc1ccc2c3c1ccc1c(-c4ccc(-c5cc6ccc7cccc8ccc(c5)c6c78)cc4)ccc(c13)n2-c1ccccc1. The fraction of sp³-hybridized carbons (Fsp3) is 0. The number of rotatable bonds is 7. The van der Waals surface area contributed by atoms with Gasteiger partial charge in [-0.2, -0.15) is 10.5 Å². The molecule has 2 heterocycles. The van der Waals surface area contributed by atoms with Gasteiger partial charge in [0, 0.05) is 43.7 Å². The van der Waals surface area contributed by atoms with Crippen LogP contribution in [0.4, 0.5) is 0 Å². The molecule has 0 atom stereocenters. The molecule has 0 fully saturated rings. The van der Waals surface area contributed by atoms with Crippen molar-refractivity contribution < 1.29 is 0 Å². The maximum atomic E-state index is 9.97. The van der Waals surface area contributed by atoms with Crippen molar-refractivity contribution in [1.82, 2.24) is 9.13 Å². The van der Waals surface area contributed by atoms with Gasteiger partial charge in [-0.15, -0.1) is 0 Å². The molecule has 0 spiro atoms. The molecular formula is C92H52N4. The number of nitriles is 2. The van der Waals surface area contributed by atoms with Crippen LogP contribution in [0.25, 0.3) is 197 Å². The monoisotopic (exact) mass is 1210 g/mol. The molecule has 0 aliphatic heterocycles. The predicted octanol–water partition coefficient (Wildman–Crippen LogP) is 24.6. The first kappa shape index (κ1) is 53.5. The zero-order chi connectivity index (χ0) is 63.3. The van der Waals surface area contributed by atoms with Gasteiger partial charge in [0.15, 0.2) is 0 Å². The number of para-hydroxylation sites is 2. The molecule has 0 aliphatic carbocycles. The first-order valence-electron chi connectivity index (χ1n) is 32.7. The summed E-state index contributed by atoms with van der Waals surface area (Å²) in [7, 11) is 0. The highest BCUT2D eigenvalue weighted by atomic mass is 15.0. The summed E-state index contributed by atoms with van der Waals surface area (Å²) in [5.74, 6) is 0. The summed E-state index contributed by atoms with van der Waals surface area (Å²) < 4.78 is 4.65. The smallest absolute Gasteiger partial charge is 0.0998 e. The molecule has 0 saturated carbocycles. The Morgan fingerprint density at radius 2 is 0.490 bits per heavy atom. The van der Waals surface area contributed by atoms with Crippen LogP contribution in [0.1, 0.15) is 11.1 Å². The lowest BCUT2D eigenvalue weighted by atomic mass is 9.89. The molecule has 4 nitrogen and oxygen atoms in total. The van der Waals surface area contributed by atoms with E-state index in [1.807, 2.05) is 24.3 Å². The van der Waals surface area contributed by atoms with Crippen molar-refractivity contribution in [3.05, 3.63) is 327 Å². The van der Waals surface area contributed by atoms with Gasteiger partial charge in [-0.05, 0) is 228 Å². The Bertz CT molecular complexity index is 6650. The van der Waals surface area contributed by atoms with Crippen LogP contribution < -0.4 is 0 Å². The Kier molecular flexibility index (Phi) is 11.5.